The maximum absolute atomic E-state index is 13.2. The van der Waals surface area contributed by atoms with E-state index in [0.29, 0.717) is 68.9 Å². The number of benzene rings is 2. The van der Waals surface area contributed by atoms with Crippen LogP contribution in [0.15, 0.2) is 42.5 Å². The fraction of sp³-hybridized carbons (Fsp3) is 0.721. The molecule has 1 heterocycles. The second-order valence-corrected chi connectivity index (χ2v) is 20.4. The Hall–Kier alpha value is -1.73. The van der Waals surface area contributed by atoms with Gasteiger partial charge in [0.25, 0.3) is 0 Å². The van der Waals surface area contributed by atoms with E-state index in [1.54, 1.807) is 32.4 Å². The van der Waals surface area contributed by atoms with Crippen LogP contribution in [0.3, 0.4) is 0 Å². The van der Waals surface area contributed by atoms with Gasteiger partial charge in [0.05, 0.1) is 62.5 Å². The third-order valence-corrected chi connectivity index (χ3v) is 12.5. The molecule has 2 aromatic carbocycles. The quantitative estimate of drug-likeness (QED) is 0.0447. The zero-order valence-electron chi connectivity index (χ0n) is 39.6. The molecule has 20 heteroatoms. The van der Waals surface area contributed by atoms with Crippen LogP contribution in [0.4, 0.5) is 0 Å². The summed E-state index contributed by atoms with van der Waals surface area (Å²) in [5, 5.41) is 6.23. The van der Waals surface area contributed by atoms with Crippen LogP contribution in [-0.4, -0.2) is 118 Å². The molecule has 0 spiro atoms. The van der Waals surface area contributed by atoms with Gasteiger partial charge in [-0.15, -0.1) is 0 Å². The highest BCUT2D eigenvalue weighted by Gasteiger charge is 2.34. The third kappa shape index (κ3) is 24.0. The van der Waals surface area contributed by atoms with Gasteiger partial charge in [-0.2, -0.15) is 0 Å². The van der Waals surface area contributed by atoms with Crippen LogP contribution in [0.2, 0.25) is 5.02 Å². The van der Waals surface area contributed by atoms with Crippen LogP contribution in [0.5, 0.6) is 11.5 Å². The molecule has 0 aromatic heterocycles. The predicted octanol–water partition coefficient (Wildman–Crippen LogP) is 9.29. The summed E-state index contributed by atoms with van der Waals surface area (Å²) in [5.74, 6) is 1.43. The molecule has 6 atom stereocenters. The lowest BCUT2D eigenvalue weighted by atomic mass is 10.2. The second-order valence-electron chi connectivity index (χ2n) is 16.6. The Kier molecular flexibility index (Phi) is 26.5. The minimum Gasteiger partial charge on any atom is -0.497 e. The highest BCUT2D eigenvalue weighted by molar-refractivity contribution is 7.52. The Morgan fingerprint density at radius 3 is 2.02 bits per heavy atom. The van der Waals surface area contributed by atoms with Crippen molar-refractivity contribution in [3.8, 4) is 11.5 Å². The van der Waals surface area contributed by atoms with Crippen molar-refractivity contribution in [2.75, 3.05) is 94.4 Å². The van der Waals surface area contributed by atoms with Gasteiger partial charge in [0.1, 0.15) is 24.2 Å². The summed E-state index contributed by atoms with van der Waals surface area (Å²) in [7, 11) is -0.719. The van der Waals surface area contributed by atoms with Crippen LogP contribution < -0.4 is 19.6 Å². The molecule has 1 aliphatic heterocycles. The van der Waals surface area contributed by atoms with Crippen molar-refractivity contribution >= 4 is 27.1 Å². The van der Waals surface area contributed by atoms with Crippen molar-refractivity contribution in [2.24, 2.45) is 5.92 Å². The molecule has 17 nitrogen and oxygen atoms in total. The summed E-state index contributed by atoms with van der Waals surface area (Å²) < 4.78 is 98.1. The van der Waals surface area contributed by atoms with Crippen LogP contribution in [0.25, 0.3) is 0 Å². The minimum absolute atomic E-state index is 0.0820. The van der Waals surface area contributed by atoms with Crippen molar-refractivity contribution in [3.05, 3.63) is 58.6 Å². The molecular formula is C43H75ClN2O15P2. The highest BCUT2D eigenvalue weighted by atomic mass is 35.5. The monoisotopic (exact) mass is 956 g/mol. The Morgan fingerprint density at radius 2 is 1.43 bits per heavy atom. The number of ether oxygens (including phenoxy) is 9. The molecule has 0 radical (unpaired) electrons. The largest absolute Gasteiger partial charge is 0.497 e. The summed E-state index contributed by atoms with van der Waals surface area (Å²) in [6.45, 7) is 20.5. The van der Waals surface area contributed by atoms with Crippen molar-refractivity contribution in [1.82, 2.24) is 10.2 Å². The molecule has 0 bridgehead atoms. The molecule has 3 rings (SSSR count). The topological polar surface area (TPSA) is 178 Å². The average Bonchev–Trinajstić information content (AvgIpc) is 3.69. The van der Waals surface area contributed by atoms with Gasteiger partial charge in [-0.05, 0) is 92.1 Å². The summed E-state index contributed by atoms with van der Waals surface area (Å²) >= 11 is 6.30. The van der Waals surface area contributed by atoms with E-state index in [1.165, 1.54) is 14.2 Å². The molecule has 0 amide bonds. The Labute approximate surface area is 381 Å². The van der Waals surface area contributed by atoms with Gasteiger partial charge in [-0.3, -0.25) is 18.1 Å². The first-order valence-corrected chi connectivity index (χ1v) is 24.6. The van der Waals surface area contributed by atoms with E-state index in [2.05, 4.69) is 10.2 Å². The fourth-order valence-corrected chi connectivity index (χ4v) is 9.37. The highest BCUT2D eigenvalue weighted by Crippen LogP contribution is 2.49. The standard InChI is InChI=1S/C22H38NO8P.C21H37ClNO7P/c1-17(11-13-25-5)30-32(24,31-22(2,3)4)23-12-14-27-15-20-16-28-21(29-20)18-7-9-19(26-6)10-8-18;1-8-27-14-16(2)15-29-31(24,30-21(3,4)5)23-11-12-28-17-9-10-18(19(22)13-17)20(25-6)26-7/h7-10,17,20-21H,11-16H2,1-6H3,(H,23,24);9-10,13,16,20H,8,11-12,14-15H2,1-7H3,(H,23,24). The van der Waals surface area contributed by atoms with Crippen molar-refractivity contribution in [3.63, 3.8) is 0 Å². The third-order valence-electron chi connectivity index (χ3n) is 8.29. The Balaban J connectivity index is 0.000000434. The van der Waals surface area contributed by atoms with Crippen LogP contribution in [-0.2, 0) is 60.4 Å². The molecule has 364 valence electrons. The maximum atomic E-state index is 13.2. The molecule has 63 heavy (non-hydrogen) atoms. The van der Waals surface area contributed by atoms with Gasteiger partial charge in [0.15, 0.2) is 12.6 Å². The first-order valence-electron chi connectivity index (χ1n) is 21.2. The van der Waals surface area contributed by atoms with Gasteiger partial charge in [0, 0.05) is 64.7 Å². The van der Waals surface area contributed by atoms with E-state index < -0.39 is 39.3 Å². The fourth-order valence-electron chi connectivity index (χ4n) is 5.51. The van der Waals surface area contributed by atoms with Gasteiger partial charge >= 0.3 is 15.5 Å². The van der Waals surface area contributed by atoms with Gasteiger partial charge in [-0.25, -0.2) is 19.3 Å². The van der Waals surface area contributed by atoms with E-state index in [9.17, 15) is 9.13 Å². The minimum atomic E-state index is -3.53. The second kappa shape index (κ2) is 29.1. The SMILES string of the molecule is CCOCC(C)COP(=O)(NCCOc1ccc(C(OC)OC)c(Cl)c1)OC(C)(C)C.COCCC(C)OP(=O)(NCCOCC1COC(c2ccc(OC)cc2)O1)OC(C)(C)C. The summed E-state index contributed by atoms with van der Waals surface area (Å²) in [4.78, 5) is 0. The average molecular weight is 957 g/mol. The number of rotatable bonds is 29. The molecule has 2 N–H and O–H groups in total. The Morgan fingerprint density at radius 1 is 0.810 bits per heavy atom. The van der Waals surface area contributed by atoms with E-state index >= 15 is 0 Å². The van der Waals surface area contributed by atoms with E-state index in [-0.39, 0.29) is 37.9 Å². The number of halogens is 1. The lowest BCUT2D eigenvalue weighted by Crippen LogP contribution is -2.29. The zero-order chi connectivity index (χ0) is 47.1. The van der Waals surface area contributed by atoms with E-state index in [1.807, 2.05) is 86.6 Å². The van der Waals surface area contributed by atoms with E-state index in [4.69, 9.17) is 72.3 Å². The Bertz CT molecular complexity index is 1640. The molecule has 0 aliphatic carbocycles. The molecular weight excluding hydrogens is 882 g/mol. The number of methoxy groups -OCH3 is 4. The number of hydrogen-bond donors (Lipinski definition) is 2. The molecule has 1 fully saturated rings. The zero-order valence-corrected chi connectivity index (χ0v) is 42.1. The van der Waals surface area contributed by atoms with Gasteiger partial charge < -0.3 is 42.6 Å². The molecule has 6 unspecified atom stereocenters. The molecule has 1 aliphatic rings. The number of hydrogen-bond acceptors (Lipinski definition) is 15. The summed E-state index contributed by atoms with van der Waals surface area (Å²) in [6.07, 6.45) is -0.818. The summed E-state index contributed by atoms with van der Waals surface area (Å²) in [6, 6.07) is 12.8. The van der Waals surface area contributed by atoms with Crippen LogP contribution in [0, 0.1) is 5.92 Å². The summed E-state index contributed by atoms with van der Waals surface area (Å²) in [5.41, 5.74) is 0.357. The lowest BCUT2D eigenvalue weighted by molar-refractivity contribution is -0.105. The smallest absolute Gasteiger partial charge is 0.406 e. The first-order chi connectivity index (χ1) is 29.7. The van der Waals surface area contributed by atoms with Crippen molar-refractivity contribution < 1.29 is 69.9 Å². The van der Waals surface area contributed by atoms with Gasteiger partial charge in [0.2, 0.25) is 0 Å². The van der Waals surface area contributed by atoms with Crippen molar-refractivity contribution in [2.45, 2.75) is 105 Å². The first kappa shape index (κ1) is 57.4. The normalized spacial score (nSPS) is 18.6. The predicted molar refractivity (Wildman–Crippen MR) is 243 cm³/mol. The number of nitrogens with one attached hydrogen (secondary N) is 2. The van der Waals surface area contributed by atoms with E-state index in [0.717, 1.165) is 11.3 Å². The molecule has 0 saturated carbocycles. The maximum Gasteiger partial charge on any atom is 0.406 e. The van der Waals surface area contributed by atoms with Crippen LogP contribution >= 0.6 is 27.1 Å². The van der Waals surface area contributed by atoms with Crippen molar-refractivity contribution in [1.29, 1.82) is 0 Å². The van der Waals surface area contributed by atoms with Crippen LogP contribution in [0.1, 0.15) is 92.4 Å². The lowest BCUT2D eigenvalue weighted by Gasteiger charge is -2.29. The molecule has 2 aromatic rings. The van der Waals surface area contributed by atoms with Gasteiger partial charge in [-0.1, -0.05) is 30.7 Å². The molecule has 1 saturated heterocycles.